The minimum absolute atomic E-state index is 0.00577. The summed E-state index contributed by atoms with van der Waals surface area (Å²) in [6.45, 7) is 0.854. The Morgan fingerprint density at radius 3 is 3.14 bits per heavy atom. The average Bonchev–Trinajstić information content (AvgIpc) is 3.13. The van der Waals surface area contributed by atoms with E-state index in [1.54, 1.807) is 4.57 Å². The van der Waals surface area contributed by atoms with Gasteiger partial charge in [0.25, 0.3) is 0 Å². The van der Waals surface area contributed by atoms with Crippen LogP contribution in [0.25, 0.3) is 10.9 Å². The molecule has 21 heavy (non-hydrogen) atoms. The second kappa shape index (κ2) is 4.48. The normalized spacial score (nSPS) is 17.8. The van der Waals surface area contributed by atoms with E-state index >= 15 is 0 Å². The lowest BCUT2D eigenvalue weighted by Crippen LogP contribution is -2.28. The molecule has 3 heterocycles. The number of aryl methyl sites for hydroxylation is 1. The number of nitrogen functional groups attached to an aromatic ring is 1. The topological polar surface area (TPSA) is 65.8 Å². The van der Waals surface area contributed by atoms with Crippen LogP contribution in [0.3, 0.4) is 0 Å². The molecule has 0 aliphatic carbocycles. The van der Waals surface area contributed by atoms with Gasteiger partial charge < -0.3 is 10.3 Å². The van der Waals surface area contributed by atoms with Crippen molar-refractivity contribution < 1.29 is 4.79 Å². The van der Waals surface area contributed by atoms with Crippen LogP contribution in [-0.4, -0.2) is 20.0 Å². The van der Waals surface area contributed by atoms with E-state index < -0.39 is 0 Å². The molecule has 1 unspecified atom stereocenters. The first kappa shape index (κ1) is 12.2. The van der Waals surface area contributed by atoms with Gasteiger partial charge in [-0.1, -0.05) is 6.07 Å². The third-order valence-electron chi connectivity index (χ3n) is 4.33. The summed E-state index contributed by atoms with van der Waals surface area (Å²) in [6, 6.07) is 7.60. The van der Waals surface area contributed by atoms with Crippen LogP contribution in [-0.2, 0) is 13.0 Å². The van der Waals surface area contributed by atoms with E-state index in [1.807, 2.05) is 43.0 Å². The van der Waals surface area contributed by atoms with Crippen molar-refractivity contribution in [2.75, 3.05) is 5.73 Å². The van der Waals surface area contributed by atoms with Crippen LogP contribution < -0.4 is 5.73 Å². The summed E-state index contributed by atoms with van der Waals surface area (Å²) >= 11 is 0. The third-order valence-corrected chi connectivity index (χ3v) is 4.33. The van der Waals surface area contributed by atoms with Gasteiger partial charge in [0.2, 0.25) is 5.91 Å². The van der Waals surface area contributed by atoms with E-state index in [-0.39, 0.29) is 11.8 Å². The van der Waals surface area contributed by atoms with Crippen molar-refractivity contribution in [2.45, 2.75) is 19.4 Å². The lowest BCUT2D eigenvalue weighted by Gasteiger charge is -2.23. The first-order valence-electron chi connectivity index (χ1n) is 7.13. The van der Waals surface area contributed by atoms with Crippen LogP contribution in [0.15, 0.2) is 43.0 Å². The van der Waals surface area contributed by atoms with Crippen LogP contribution >= 0.6 is 0 Å². The molecule has 1 atom stereocenters. The molecule has 2 aromatic heterocycles. The second-order valence-corrected chi connectivity index (χ2v) is 5.57. The minimum atomic E-state index is 0.00577. The van der Waals surface area contributed by atoms with Gasteiger partial charge in [-0.25, -0.2) is 4.98 Å². The minimum Gasteiger partial charge on any atom is -0.398 e. The molecule has 0 radical (unpaired) electrons. The van der Waals surface area contributed by atoms with Crippen LogP contribution in [0.4, 0.5) is 5.69 Å². The first-order valence-corrected chi connectivity index (χ1v) is 7.13. The molecule has 0 amide bonds. The van der Waals surface area contributed by atoms with Gasteiger partial charge in [-0.2, -0.15) is 0 Å². The Balaban J connectivity index is 1.70. The van der Waals surface area contributed by atoms with E-state index in [2.05, 4.69) is 9.55 Å². The van der Waals surface area contributed by atoms with E-state index in [0.29, 0.717) is 5.69 Å². The first-order chi connectivity index (χ1) is 10.2. The summed E-state index contributed by atoms with van der Waals surface area (Å²) < 4.78 is 3.86. The van der Waals surface area contributed by atoms with Gasteiger partial charge in [-0.05, 0) is 24.6 Å². The van der Waals surface area contributed by atoms with Crippen molar-refractivity contribution in [3.05, 3.63) is 48.7 Å². The fraction of sp³-hybridized carbons (Fsp3) is 0.250. The Bertz CT molecular complexity index is 830. The summed E-state index contributed by atoms with van der Waals surface area (Å²) in [7, 11) is 0. The van der Waals surface area contributed by atoms with E-state index in [1.165, 1.54) is 0 Å². The molecule has 1 aromatic carbocycles. The number of rotatable bonds is 1. The van der Waals surface area contributed by atoms with Crippen molar-refractivity contribution in [1.29, 1.82) is 0 Å². The molecule has 0 saturated carbocycles. The van der Waals surface area contributed by atoms with Gasteiger partial charge >= 0.3 is 0 Å². The number of benzene rings is 1. The van der Waals surface area contributed by atoms with Gasteiger partial charge in [-0.3, -0.25) is 9.36 Å². The maximum absolute atomic E-state index is 12.8. The number of nitrogens with two attached hydrogens (primary N) is 1. The highest BCUT2D eigenvalue weighted by molar-refractivity contribution is 5.98. The van der Waals surface area contributed by atoms with Crippen molar-refractivity contribution in [3.8, 4) is 0 Å². The Morgan fingerprint density at radius 1 is 1.33 bits per heavy atom. The third kappa shape index (κ3) is 1.85. The standard InChI is InChI=1S/C16H16N4O/c17-14-2-1-3-15-13(14)5-7-20(15)16(21)11-4-6-19-10-18-9-12(19)8-11/h1-3,5,7,9-11H,4,6,8,17H2. The molecule has 1 aliphatic heterocycles. The monoisotopic (exact) mass is 280 g/mol. The number of hydrogen-bond donors (Lipinski definition) is 1. The summed E-state index contributed by atoms with van der Waals surface area (Å²) in [6.07, 6.45) is 7.12. The number of carbonyl (C=O) groups is 1. The lowest BCUT2D eigenvalue weighted by atomic mass is 9.95. The summed E-state index contributed by atoms with van der Waals surface area (Å²) in [5.74, 6) is 0.147. The summed E-state index contributed by atoms with van der Waals surface area (Å²) in [4.78, 5) is 17.0. The second-order valence-electron chi connectivity index (χ2n) is 5.57. The van der Waals surface area contributed by atoms with Crippen molar-refractivity contribution >= 4 is 22.5 Å². The Kier molecular flexibility index (Phi) is 2.60. The number of nitrogens with zero attached hydrogens (tertiary/aromatic N) is 3. The van der Waals surface area contributed by atoms with E-state index in [4.69, 9.17) is 5.73 Å². The number of aromatic nitrogens is 3. The van der Waals surface area contributed by atoms with Crippen molar-refractivity contribution in [3.63, 3.8) is 0 Å². The Hall–Kier alpha value is -2.56. The van der Waals surface area contributed by atoms with Crippen molar-refractivity contribution in [1.82, 2.24) is 14.1 Å². The zero-order valence-corrected chi connectivity index (χ0v) is 11.6. The molecule has 0 bridgehead atoms. The summed E-state index contributed by atoms with van der Waals surface area (Å²) in [5.41, 5.74) is 8.69. The molecule has 0 saturated heterocycles. The predicted molar refractivity (Wildman–Crippen MR) is 81.0 cm³/mol. The molecule has 5 nitrogen and oxygen atoms in total. The number of fused-ring (bicyclic) bond motifs is 2. The van der Waals surface area contributed by atoms with Crippen LogP contribution in [0.1, 0.15) is 16.9 Å². The molecule has 3 aromatic rings. The highest BCUT2D eigenvalue weighted by Crippen LogP contribution is 2.26. The molecule has 0 spiro atoms. The zero-order chi connectivity index (χ0) is 14.4. The van der Waals surface area contributed by atoms with Crippen LogP contribution in [0.2, 0.25) is 0 Å². The fourth-order valence-electron chi connectivity index (χ4n) is 3.16. The lowest BCUT2D eigenvalue weighted by molar-refractivity contribution is 0.0818. The maximum Gasteiger partial charge on any atom is 0.234 e. The number of anilines is 1. The van der Waals surface area contributed by atoms with Crippen molar-refractivity contribution in [2.24, 2.45) is 5.92 Å². The number of imidazole rings is 1. The molecule has 4 rings (SSSR count). The number of hydrogen-bond acceptors (Lipinski definition) is 3. The molecular formula is C16H16N4O. The molecule has 0 fully saturated rings. The quantitative estimate of drug-likeness (QED) is 0.696. The molecule has 106 valence electrons. The van der Waals surface area contributed by atoms with Gasteiger partial charge in [0.05, 0.1) is 11.8 Å². The highest BCUT2D eigenvalue weighted by Gasteiger charge is 2.26. The Morgan fingerprint density at radius 2 is 2.24 bits per heavy atom. The van der Waals surface area contributed by atoms with Crippen LogP contribution in [0.5, 0.6) is 0 Å². The fourth-order valence-corrected chi connectivity index (χ4v) is 3.16. The largest absolute Gasteiger partial charge is 0.398 e. The Labute approximate surface area is 122 Å². The molecule has 5 heteroatoms. The zero-order valence-electron chi connectivity index (χ0n) is 11.6. The predicted octanol–water partition coefficient (Wildman–Crippen LogP) is 2.32. The van der Waals surface area contributed by atoms with Gasteiger partial charge in [0, 0.05) is 48.0 Å². The SMILES string of the molecule is Nc1cccc2c1ccn2C(=O)C1CCn2cncc2C1. The van der Waals surface area contributed by atoms with Crippen LogP contribution in [0, 0.1) is 5.92 Å². The highest BCUT2D eigenvalue weighted by atomic mass is 16.2. The smallest absolute Gasteiger partial charge is 0.234 e. The van der Waals surface area contributed by atoms with E-state index in [0.717, 1.165) is 36.0 Å². The van der Waals surface area contributed by atoms with Gasteiger partial charge in [0.1, 0.15) is 0 Å². The molecule has 1 aliphatic rings. The van der Waals surface area contributed by atoms with Gasteiger partial charge in [0.15, 0.2) is 0 Å². The van der Waals surface area contributed by atoms with Gasteiger partial charge in [-0.15, -0.1) is 0 Å². The maximum atomic E-state index is 12.8. The number of carbonyl (C=O) groups excluding carboxylic acids is 1. The summed E-state index contributed by atoms with van der Waals surface area (Å²) in [5, 5.41) is 0.937. The average molecular weight is 280 g/mol. The van der Waals surface area contributed by atoms with E-state index in [9.17, 15) is 4.79 Å². The molecule has 2 N–H and O–H groups in total. The molecular weight excluding hydrogens is 264 g/mol.